The Morgan fingerprint density at radius 3 is 2.15 bits per heavy atom. The Morgan fingerprint density at radius 1 is 1.04 bits per heavy atom. The molecule has 0 unspecified atom stereocenters. The number of rotatable bonds is 7. The van der Waals surface area contributed by atoms with Gasteiger partial charge in [0, 0.05) is 0 Å². The molecule has 0 saturated carbocycles. The number of fused-ring (bicyclic) bond motifs is 1. The van der Waals surface area contributed by atoms with Crippen molar-refractivity contribution in [3.05, 3.63) is 65.2 Å². The number of imide groups is 1. The van der Waals surface area contributed by atoms with Crippen LogP contribution in [-0.2, 0) is 11.2 Å². The first kappa shape index (κ1) is 19.2. The number of ether oxygens (including phenoxy) is 1. The number of carbonyl (C=O) groups excluding carboxylic acids is 3. The van der Waals surface area contributed by atoms with Crippen molar-refractivity contribution in [1.82, 2.24) is 4.90 Å². The van der Waals surface area contributed by atoms with E-state index in [9.17, 15) is 14.4 Å². The van der Waals surface area contributed by atoms with E-state index < -0.39 is 23.8 Å². The maximum atomic E-state index is 12.8. The van der Waals surface area contributed by atoms with Crippen LogP contribution in [0.4, 0.5) is 0 Å². The van der Waals surface area contributed by atoms with E-state index in [1.165, 1.54) is 0 Å². The summed E-state index contributed by atoms with van der Waals surface area (Å²) in [5.41, 5.74) is 1.79. The lowest BCUT2D eigenvalue weighted by atomic mass is 10.1. The van der Waals surface area contributed by atoms with Gasteiger partial charge in [0.1, 0.15) is 11.8 Å². The SMILES string of the molecule is CCc1ccc(OC(=O)[C@H](CCSC)N2C(=O)c3ccccc3C2=O)cc1. The van der Waals surface area contributed by atoms with Crippen LogP contribution in [0.1, 0.15) is 39.6 Å². The first-order valence-corrected chi connectivity index (χ1v) is 10.2. The van der Waals surface area contributed by atoms with Crippen molar-refractivity contribution in [3.63, 3.8) is 0 Å². The number of nitrogens with zero attached hydrogens (tertiary/aromatic N) is 1. The van der Waals surface area contributed by atoms with Gasteiger partial charge in [-0.15, -0.1) is 0 Å². The topological polar surface area (TPSA) is 63.7 Å². The molecule has 0 aliphatic carbocycles. The van der Waals surface area contributed by atoms with Crippen LogP contribution in [-0.4, -0.2) is 40.7 Å². The van der Waals surface area contributed by atoms with Crippen LogP contribution in [0.25, 0.3) is 0 Å². The van der Waals surface area contributed by atoms with E-state index in [0.717, 1.165) is 16.9 Å². The van der Waals surface area contributed by atoms with Gasteiger partial charge in [0.2, 0.25) is 0 Å². The van der Waals surface area contributed by atoms with Gasteiger partial charge in [-0.05, 0) is 54.7 Å². The molecule has 2 amide bonds. The van der Waals surface area contributed by atoms with Crippen LogP contribution < -0.4 is 4.74 Å². The van der Waals surface area contributed by atoms with Gasteiger partial charge in [0.05, 0.1) is 11.1 Å². The van der Waals surface area contributed by atoms with Gasteiger partial charge in [-0.3, -0.25) is 14.5 Å². The summed E-state index contributed by atoms with van der Waals surface area (Å²) in [5, 5.41) is 0. The highest BCUT2D eigenvalue weighted by atomic mass is 32.2. The summed E-state index contributed by atoms with van der Waals surface area (Å²) in [6.07, 6.45) is 3.15. The highest BCUT2D eigenvalue weighted by Gasteiger charge is 2.43. The fourth-order valence-corrected chi connectivity index (χ4v) is 3.51. The van der Waals surface area contributed by atoms with Crippen molar-refractivity contribution in [2.45, 2.75) is 25.8 Å². The smallest absolute Gasteiger partial charge is 0.334 e. The number of thioether (sulfide) groups is 1. The van der Waals surface area contributed by atoms with Gasteiger partial charge in [0.25, 0.3) is 11.8 Å². The zero-order chi connectivity index (χ0) is 19.4. The predicted octanol–water partition coefficient (Wildman–Crippen LogP) is 3.57. The van der Waals surface area contributed by atoms with Crippen LogP contribution in [0.3, 0.4) is 0 Å². The first-order valence-electron chi connectivity index (χ1n) is 8.83. The average molecular weight is 383 g/mol. The van der Waals surface area contributed by atoms with E-state index >= 15 is 0 Å². The van der Waals surface area contributed by atoms with E-state index in [0.29, 0.717) is 29.1 Å². The summed E-state index contributed by atoms with van der Waals surface area (Å²) >= 11 is 1.55. The molecule has 0 radical (unpaired) electrons. The Kier molecular flexibility index (Phi) is 5.96. The summed E-state index contributed by atoms with van der Waals surface area (Å²) in [6, 6.07) is 12.9. The van der Waals surface area contributed by atoms with Gasteiger partial charge in [-0.2, -0.15) is 11.8 Å². The second-order valence-corrected chi connectivity index (χ2v) is 7.23. The maximum Gasteiger partial charge on any atom is 0.334 e. The maximum absolute atomic E-state index is 12.8. The van der Waals surface area contributed by atoms with Crippen molar-refractivity contribution >= 4 is 29.5 Å². The number of aryl methyl sites for hydroxylation is 1. The molecule has 27 heavy (non-hydrogen) atoms. The minimum Gasteiger partial charge on any atom is -0.425 e. The van der Waals surface area contributed by atoms with E-state index in [4.69, 9.17) is 4.74 Å². The quantitative estimate of drug-likeness (QED) is 0.415. The van der Waals surface area contributed by atoms with Crippen molar-refractivity contribution in [1.29, 1.82) is 0 Å². The second kappa shape index (κ2) is 8.39. The van der Waals surface area contributed by atoms with Crippen LogP contribution in [0.15, 0.2) is 48.5 Å². The zero-order valence-corrected chi connectivity index (χ0v) is 16.1. The van der Waals surface area contributed by atoms with Gasteiger partial charge < -0.3 is 4.74 Å². The molecule has 1 atom stereocenters. The molecule has 0 aromatic heterocycles. The van der Waals surface area contributed by atoms with Crippen LogP contribution in [0, 0.1) is 0 Å². The lowest BCUT2D eigenvalue weighted by Crippen LogP contribution is -2.47. The molecule has 6 heteroatoms. The Labute approximate surface area is 162 Å². The van der Waals surface area contributed by atoms with Gasteiger partial charge in [-0.25, -0.2) is 4.79 Å². The molecule has 1 heterocycles. The molecule has 1 aliphatic heterocycles. The summed E-state index contributed by atoms with van der Waals surface area (Å²) in [5.74, 6) is -0.451. The molecule has 1 aliphatic rings. The predicted molar refractivity (Wildman–Crippen MR) is 105 cm³/mol. The fourth-order valence-electron chi connectivity index (χ4n) is 3.05. The third-order valence-corrected chi connectivity index (χ3v) is 5.20. The fraction of sp³-hybridized carbons (Fsp3) is 0.286. The third-order valence-electron chi connectivity index (χ3n) is 4.55. The minimum absolute atomic E-state index is 0.330. The standard InChI is InChI=1S/C21H21NO4S/c1-3-14-8-10-15(11-9-14)26-21(25)18(12-13-27-2)22-19(23)16-6-4-5-7-17(16)20(22)24/h4-11,18H,3,12-13H2,1-2H3/t18-/m0/s1. The third kappa shape index (κ3) is 3.90. The number of benzene rings is 2. The number of esters is 1. The van der Waals surface area contributed by atoms with Crippen molar-refractivity contribution < 1.29 is 19.1 Å². The van der Waals surface area contributed by atoms with Gasteiger partial charge in [0.15, 0.2) is 0 Å². The Morgan fingerprint density at radius 2 is 1.63 bits per heavy atom. The van der Waals surface area contributed by atoms with Crippen LogP contribution in [0.2, 0.25) is 0 Å². The molecule has 2 aromatic rings. The van der Waals surface area contributed by atoms with Gasteiger partial charge >= 0.3 is 5.97 Å². The molecule has 0 bridgehead atoms. The summed E-state index contributed by atoms with van der Waals surface area (Å²) in [6.45, 7) is 2.04. The highest BCUT2D eigenvalue weighted by Crippen LogP contribution is 2.27. The van der Waals surface area contributed by atoms with E-state index in [1.807, 2.05) is 25.3 Å². The average Bonchev–Trinajstić information content (AvgIpc) is 2.94. The van der Waals surface area contributed by atoms with Crippen LogP contribution in [0.5, 0.6) is 5.75 Å². The number of hydrogen-bond donors (Lipinski definition) is 0. The Hall–Kier alpha value is -2.60. The van der Waals surface area contributed by atoms with Gasteiger partial charge in [-0.1, -0.05) is 31.2 Å². The molecular weight excluding hydrogens is 362 g/mol. The molecular formula is C21H21NO4S. The van der Waals surface area contributed by atoms with Crippen molar-refractivity contribution in [2.75, 3.05) is 12.0 Å². The van der Waals surface area contributed by atoms with E-state index in [1.54, 1.807) is 48.2 Å². The zero-order valence-electron chi connectivity index (χ0n) is 15.3. The Balaban J connectivity index is 1.84. The molecule has 140 valence electrons. The van der Waals surface area contributed by atoms with E-state index in [-0.39, 0.29) is 0 Å². The highest BCUT2D eigenvalue weighted by molar-refractivity contribution is 7.98. The van der Waals surface area contributed by atoms with Crippen molar-refractivity contribution in [3.8, 4) is 5.75 Å². The monoisotopic (exact) mass is 383 g/mol. The summed E-state index contributed by atoms with van der Waals surface area (Å²) in [7, 11) is 0. The lowest BCUT2D eigenvalue weighted by molar-refractivity contribution is -0.138. The lowest BCUT2D eigenvalue weighted by Gasteiger charge is -2.24. The molecule has 2 aromatic carbocycles. The molecule has 0 fully saturated rings. The minimum atomic E-state index is -0.948. The molecule has 5 nitrogen and oxygen atoms in total. The largest absolute Gasteiger partial charge is 0.425 e. The van der Waals surface area contributed by atoms with E-state index in [2.05, 4.69) is 0 Å². The Bertz CT molecular complexity index is 828. The normalized spacial score (nSPS) is 14.2. The van der Waals surface area contributed by atoms with Crippen molar-refractivity contribution in [2.24, 2.45) is 0 Å². The number of hydrogen-bond acceptors (Lipinski definition) is 5. The number of amides is 2. The molecule has 0 spiro atoms. The number of carbonyl (C=O) groups is 3. The molecule has 3 rings (SSSR count). The second-order valence-electron chi connectivity index (χ2n) is 6.24. The summed E-state index contributed by atoms with van der Waals surface area (Å²) < 4.78 is 5.49. The summed E-state index contributed by atoms with van der Waals surface area (Å²) in [4.78, 5) is 39.4. The first-order chi connectivity index (χ1) is 13.1. The molecule has 0 N–H and O–H groups in total. The molecule has 0 saturated heterocycles. The van der Waals surface area contributed by atoms with Crippen LogP contribution >= 0.6 is 11.8 Å².